The molecule has 1 aliphatic heterocycles. The van der Waals surface area contributed by atoms with Gasteiger partial charge in [-0.3, -0.25) is 4.79 Å². The zero-order chi connectivity index (χ0) is 19.6. The minimum absolute atomic E-state index is 0.262. The van der Waals surface area contributed by atoms with Gasteiger partial charge in [0, 0.05) is 24.0 Å². The predicted octanol–water partition coefficient (Wildman–Crippen LogP) is 4.91. The lowest BCUT2D eigenvalue weighted by Gasteiger charge is -2.34. The number of benzene rings is 2. The van der Waals surface area contributed by atoms with E-state index in [0.29, 0.717) is 28.7 Å². The van der Waals surface area contributed by atoms with Crippen LogP contribution in [0.4, 0.5) is 10.1 Å². The number of aryl methyl sites for hydroxylation is 1. The van der Waals surface area contributed by atoms with E-state index in [2.05, 4.69) is 41.9 Å². The molecule has 5 nitrogen and oxygen atoms in total. The Labute approximate surface area is 161 Å². The third-order valence-corrected chi connectivity index (χ3v) is 5.88. The molecule has 6 heteroatoms. The molecule has 142 valence electrons. The highest BCUT2D eigenvalue weighted by atomic mass is 19.1. The first-order valence-corrected chi connectivity index (χ1v) is 9.55. The van der Waals surface area contributed by atoms with Gasteiger partial charge in [0.25, 0.3) is 0 Å². The maximum absolute atomic E-state index is 14.7. The van der Waals surface area contributed by atoms with Crippen molar-refractivity contribution in [3.63, 3.8) is 0 Å². The molecule has 0 fully saturated rings. The van der Waals surface area contributed by atoms with Crippen molar-refractivity contribution in [3.8, 4) is 11.5 Å². The fourth-order valence-electron chi connectivity index (χ4n) is 4.63. The number of fused-ring (bicyclic) bond motifs is 1. The van der Waals surface area contributed by atoms with Gasteiger partial charge < -0.3 is 14.5 Å². The van der Waals surface area contributed by atoms with Crippen molar-refractivity contribution in [2.24, 2.45) is 7.05 Å². The first kappa shape index (κ1) is 17.0. The lowest BCUT2D eigenvalue weighted by atomic mass is 10.0. The van der Waals surface area contributed by atoms with Gasteiger partial charge in [-0.15, -0.1) is 0 Å². The second-order valence-corrected chi connectivity index (χ2v) is 7.53. The average Bonchev–Trinajstić information content (AvgIpc) is 3.21. The average molecular weight is 376 g/mol. The second-order valence-electron chi connectivity index (χ2n) is 7.53. The standard InChI is InChI=1S/C22H21FN4O/c1-4-18-12(2)24-16-7-5-6-14-10-19(27(18)20(14)16)22-25-17-9-13(11-28)8-15(23)21(17)26(22)3/h5-12,18,24H,4H2,1-3H3. The van der Waals surface area contributed by atoms with E-state index < -0.39 is 5.82 Å². The Hall–Kier alpha value is -3.15. The Morgan fingerprint density at radius 2 is 2.07 bits per heavy atom. The first-order valence-electron chi connectivity index (χ1n) is 9.55. The molecule has 0 amide bonds. The Bertz CT molecular complexity index is 1250. The minimum atomic E-state index is -0.432. The number of rotatable bonds is 3. The summed E-state index contributed by atoms with van der Waals surface area (Å²) in [5.41, 5.74) is 4.43. The minimum Gasteiger partial charge on any atom is -0.379 e. The molecule has 2 atom stereocenters. The van der Waals surface area contributed by atoms with Crippen molar-refractivity contribution < 1.29 is 9.18 Å². The zero-order valence-electron chi connectivity index (χ0n) is 16.0. The fourth-order valence-corrected chi connectivity index (χ4v) is 4.63. The smallest absolute Gasteiger partial charge is 0.157 e. The van der Waals surface area contributed by atoms with Crippen LogP contribution < -0.4 is 5.32 Å². The maximum atomic E-state index is 14.7. The van der Waals surface area contributed by atoms with Gasteiger partial charge in [0.15, 0.2) is 5.82 Å². The Balaban J connectivity index is 1.85. The molecule has 1 N–H and O–H groups in total. The number of hydrogen-bond donors (Lipinski definition) is 1. The summed E-state index contributed by atoms with van der Waals surface area (Å²) in [5, 5.41) is 4.74. The highest BCUT2D eigenvalue weighted by molar-refractivity contribution is 5.97. The number of hydrogen-bond acceptors (Lipinski definition) is 3. The summed E-state index contributed by atoms with van der Waals surface area (Å²) < 4.78 is 18.8. The topological polar surface area (TPSA) is 51.9 Å². The van der Waals surface area contributed by atoms with Crippen LogP contribution in [0.25, 0.3) is 33.5 Å². The van der Waals surface area contributed by atoms with Gasteiger partial charge in [-0.05, 0) is 37.6 Å². The summed E-state index contributed by atoms with van der Waals surface area (Å²) in [7, 11) is 1.83. The number of anilines is 1. The van der Waals surface area contributed by atoms with Crippen LogP contribution in [0.15, 0.2) is 36.4 Å². The van der Waals surface area contributed by atoms with Gasteiger partial charge in [-0.25, -0.2) is 9.37 Å². The zero-order valence-corrected chi connectivity index (χ0v) is 16.0. The van der Waals surface area contributed by atoms with Crippen LogP contribution in [0, 0.1) is 5.82 Å². The van der Waals surface area contributed by atoms with E-state index in [1.54, 1.807) is 10.6 Å². The molecule has 5 rings (SSSR count). The normalized spacial score (nSPS) is 18.6. The van der Waals surface area contributed by atoms with E-state index in [4.69, 9.17) is 4.98 Å². The van der Waals surface area contributed by atoms with E-state index in [-0.39, 0.29) is 12.1 Å². The molecular weight excluding hydrogens is 355 g/mol. The highest BCUT2D eigenvalue weighted by Crippen LogP contribution is 2.41. The van der Waals surface area contributed by atoms with Crippen LogP contribution in [0.5, 0.6) is 0 Å². The SMILES string of the molecule is CCC1C(C)Nc2cccc3cc(-c4nc5cc(C=O)cc(F)c5n4C)n1c23. The number of para-hydroxylation sites is 1. The van der Waals surface area contributed by atoms with Crippen molar-refractivity contribution in [2.75, 3.05) is 5.32 Å². The van der Waals surface area contributed by atoms with Gasteiger partial charge >= 0.3 is 0 Å². The van der Waals surface area contributed by atoms with Crippen molar-refractivity contribution in [2.45, 2.75) is 32.4 Å². The molecule has 4 aromatic rings. The summed E-state index contributed by atoms with van der Waals surface area (Å²) in [4.78, 5) is 15.9. The molecule has 0 saturated carbocycles. The number of aromatic nitrogens is 3. The molecular formula is C22H21FN4O. The third-order valence-electron chi connectivity index (χ3n) is 5.88. The maximum Gasteiger partial charge on any atom is 0.157 e. The van der Waals surface area contributed by atoms with Crippen molar-refractivity contribution >= 4 is 33.9 Å². The molecule has 0 saturated heterocycles. The molecule has 3 heterocycles. The molecule has 28 heavy (non-hydrogen) atoms. The number of halogens is 1. The van der Waals surface area contributed by atoms with Crippen molar-refractivity contribution in [1.82, 2.24) is 14.1 Å². The Morgan fingerprint density at radius 3 is 2.82 bits per heavy atom. The van der Waals surface area contributed by atoms with Crippen LogP contribution in [0.1, 0.15) is 36.7 Å². The summed E-state index contributed by atoms with van der Waals surface area (Å²) in [6, 6.07) is 11.8. The van der Waals surface area contributed by atoms with E-state index >= 15 is 0 Å². The first-order chi connectivity index (χ1) is 13.5. The highest BCUT2D eigenvalue weighted by Gasteiger charge is 2.30. The number of carbonyl (C=O) groups is 1. The van der Waals surface area contributed by atoms with E-state index in [0.717, 1.165) is 28.7 Å². The second kappa shape index (κ2) is 5.92. The fraction of sp³-hybridized carbons (Fsp3) is 0.273. The molecule has 0 bridgehead atoms. The van der Waals surface area contributed by atoms with Gasteiger partial charge in [0.2, 0.25) is 0 Å². The van der Waals surface area contributed by atoms with Crippen molar-refractivity contribution in [1.29, 1.82) is 0 Å². The Morgan fingerprint density at radius 1 is 1.25 bits per heavy atom. The summed E-state index contributed by atoms with van der Waals surface area (Å²) in [6.45, 7) is 4.36. The summed E-state index contributed by atoms with van der Waals surface area (Å²) in [6.07, 6.45) is 1.62. The Kier molecular flexibility index (Phi) is 3.59. The van der Waals surface area contributed by atoms with Gasteiger partial charge in [-0.1, -0.05) is 19.1 Å². The number of carbonyl (C=O) groups excluding carboxylic acids is 1. The summed E-state index contributed by atoms with van der Waals surface area (Å²) in [5.74, 6) is 0.269. The van der Waals surface area contributed by atoms with Gasteiger partial charge in [-0.2, -0.15) is 0 Å². The lowest BCUT2D eigenvalue weighted by Crippen LogP contribution is -2.32. The quantitative estimate of drug-likeness (QED) is 0.517. The van der Waals surface area contributed by atoms with Crippen LogP contribution >= 0.6 is 0 Å². The number of aldehydes is 1. The molecule has 0 aliphatic carbocycles. The predicted molar refractivity (Wildman–Crippen MR) is 109 cm³/mol. The van der Waals surface area contributed by atoms with Crippen LogP contribution in [0.3, 0.4) is 0 Å². The van der Waals surface area contributed by atoms with E-state index in [1.807, 2.05) is 13.1 Å². The van der Waals surface area contributed by atoms with Crippen LogP contribution in [0.2, 0.25) is 0 Å². The van der Waals surface area contributed by atoms with Gasteiger partial charge in [0.05, 0.1) is 28.5 Å². The monoisotopic (exact) mass is 376 g/mol. The number of nitrogens with zero attached hydrogens (tertiary/aromatic N) is 3. The number of imidazole rings is 1. The van der Waals surface area contributed by atoms with Crippen LogP contribution in [-0.2, 0) is 7.05 Å². The van der Waals surface area contributed by atoms with Gasteiger partial charge in [0.1, 0.15) is 17.6 Å². The molecule has 0 radical (unpaired) electrons. The molecule has 0 spiro atoms. The number of nitrogens with one attached hydrogen (secondary N) is 1. The molecule has 2 aromatic heterocycles. The lowest BCUT2D eigenvalue weighted by molar-refractivity contribution is 0.112. The third kappa shape index (κ3) is 2.17. The molecule has 2 unspecified atom stereocenters. The molecule has 1 aliphatic rings. The summed E-state index contributed by atoms with van der Waals surface area (Å²) >= 11 is 0. The molecule has 2 aromatic carbocycles. The van der Waals surface area contributed by atoms with Crippen LogP contribution in [-0.4, -0.2) is 26.4 Å². The van der Waals surface area contributed by atoms with E-state index in [1.165, 1.54) is 6.07 Å². The largest absolute Gasteiger partial charge is 0.379 e. The van der Waals surface area contributed by atoms with E-state index in [9.17, 15) is 9.18 Å². The van der Waals surface area contributed by atoms with Crippen molar-refractivity contribution in [3.05, 3.63) is 47.8 Å².